The third kappa shape index (κ3) is 9.74. The molecule has 2 aromatic rings. The summed E-state index contributed by atoms with van der Waals surface area (Å²) >= 11 is 0. The third-order valence-corrected chi connectivity index (χ3v) is 5.13. The SMILES string of the molecule is CCCCCC=CCOc1ccc(-c2cnc(CCCCCCCC)cn2)cc1. The Balaban J connectivity index is 1.72. The highest BCUT2D eigenvalue weighted by Crippen LogP contribution is 2.20. The van der Waals surface area contributed by atoms with Crippen LogP contribution in [-0.4, -0.2) is 16.6 Å². The summed E-state index contributed by atoms with van der Waals surface area (Å²) in [6, 6.07) is 8.12. The molecule has 0 saturated heterocycles. The van der Waals surface area contributed by atoms with E-state index in [2.05, 4.69) is 48.1 Å². The molecule has 158 valence electrons. The first-order valence-electron chi connectivity index (χ1n) is 11.5. The van der Waals surface area contributed by atoms with Gasteiger partial charge in [-0.05, 0) is 49.9 Å². The van der Waals surface area contributed by atoms with Gasteiger partial charge in [0.15, 0.2) is 0 Å². The topological polar surface area (TPSA) is 35.0 Å². The van der Waals surface area contributed by atoms with Gasteiger partial charge in [-0.25, -0.2) is 0 Å². The first-order chi connectivity index (χ1) is 14.3. The molecule has 0 aliphatic heterocycles. The zero-order valence-electron chi connectivity index (χ0n) is 18.4. The summed E-state index contributed by atoms with van der Waals surface area (Å²) in [4.78, 5) is 9.20. The van der Waals surface area contributed by atoms with Crippen LogP contribution in [0.1, 0.15) is 83.7 Å². The van der Waals surface area contributed by atoms with Gasteiger partial charge >= 0.3 is 0 Å². The van der Waals surface area contributed by atoms with E-state index in [4.69, 9.17) is 4.74 Å². The van der Waals surface area contributed by atoms with Gasteiger partial charge in [0.2, 0.25) is 0 Å². The Kier molecular flexibility index (Phi) is 11.8. The van der Waals surface area contributed by atoms with Crippen LogP contribution in [-0.2, 0) is 6.42 Å². The van der Waals surface area contributed by atoms with Crippen molar-refractivity contribution in [3.05, 3.63) is 54.5 Å². The van der Waals surface area contributed by atoms with Crippen molar-refractivity contribution in [2.45, 2.75) is 84.5 Å². The van der Waals surface area contributed by atoms with Gasteiger partial charge < -0.3 is 4.74 Å². The van der Waals surface area contributed by atoms with Gasteiger partial charge in [-0.2, -0.15) is 0 Å². The molecule has 1 heterocycles. The second-order valence-electron chi connectivity index (χ2n) is 7.71. The summed E-state index contributed by atoms with van der Waals surface area (Å²) in [6.07, 6.45) is 22.0. The van der Waals surface area contributed by atoms with Crippen LogP contribution < -0.4 is 4.74 Å². The molecule has 2 rings (SSSR count). The predicted molar refractivity (Wildman–Crippen MR) is 123 cm³/mol. The number of ether oxygens (including phenoxy) is 1. The summed E-state index contributed by atoms with van der Waals surface area (Å²) in [7, 11) is 0. The lowest BCUT2D eigenvalue weighted by Crippen LogP contribution is -1.95. The second kappa shape index (κ2) is 14.8. The maximum absolute atomic E-state index is 5.78. The molecule has 0 aliphatic rings. The van der Waals surface area contributed by atoms with E-state index in [0.29, 0.717) is 6.61 Å². The van der Waals surface area contributed by atoms with Crippen molar-refractivity contribution in [2.75, 3.05) is 6.61 Å². The molecule has 0 aliphatic carbocycles. The Morgan fingerprint density at radius 3 is 2.21 bits per heavy atom. The van der Waals surface area contributed by atoms with E-state index in [1.54, 1.807) is 0 Å². The van der Waals surface area contributed by atoms with E-state index in [0.717, 1.165) is 35.5 Å². The molecule has 3 nitrogen and oxygen atoms in total. The molecule has 0 N–H and O–H groups in total. The molecular formula is C26H38N2O. The van der Waals surface area contributed by atoms with Crippen molar-refractivity contribution in [3.63, 3.8) is 0 Å². The smallest absolute Gasteiger partial charge is 0.119 e. The number of aryl methyl sites for hydroxylation is 1. The normalized spacial score (nSPS) is 11.2. The van der Waals surface area contributed by atoms with Gasteiger partial charge in [0.1, 0.15) is 12.4 Å². The molecule has 0 atom stereocenters. The Labute approximate surface area is 177 Å². The van der Waals surface area contributed by atoms with Crippen molar-refractivity contribution in [1.29, 1.82) is 0 Å². The third-order valence-electron chi connectivity index (χ3n) is 5.13. The van der Waals surface area contributed by atoms with Gasteiger partial charge in [0.05, 0.1) is 17.6 Å². The fourth-order valence-corrected chi connectivity index (χ4v) is 3.28. The number of hydrogen-bond donors (Lipinski definition) is 0. The monoisotopic (exact) mass is 394 g/mol. The molecular weight excluding hydrogens is 356 g/mol. The largest absolute Gasteiger partial charge is 0.490 e. The molecule has 0 spiro atoms. The number of benzene rings is 1. The van der Waals surface area contributed by atoms with Crippen molar-refractivity contribution >= 4 is 0 Å². The highest BCUT2D eigenvalue weighted by atomic mass is 16.5. The molecule has 1 aromatic heterocycles. The Morgan fingerprint density at radius 1 is 0.759 bits per heavy atom. The standard InChI is InChI=1S/C26H38N2O/c1-3-5-7-9-11-13-15-24-21-28-26(22-27-24)23-16-18-25(19-17-23)29-20-14-12-10-8-6-4-2/h12,14,16-19,21-22H,3-11,13,15,20H2,1-2H3. The van der Waals surface area contributed by atoms with Crippen molar-refractivity contribution in [3.8, 4) is 17.0 Å². The number of aromatic nitrogens is 2. The van der Waals surface area contributed by atoms with E-state index in [-0.39, 0.29) is 0 Å². The fourth-order valence-electron chi connectivity index (χ4n) is 3.28. The van der Waals surface area contributed by atoms with Crippen molar-refractivity contribution < 1.29 is 4.74 Å². The van der Waals surface area contributed by atoms with E-state index >= 15 is 0 Å². The van der Waals surface area contributed by atoms with E-state index in [1.165, 1.54) is 57.8 Å². The Morgan fingerprint density at radius 2 is 1.48 bits per heavy atom. The maximum atomic E-state index is 5.78. The highest BCUT2D eigenvalue weighted by Gasteiger charge is 2.02. The zero-order chi connectivity index (χ0) is 20.6. The molecule has 0 fully saturated rings. The number of allylic oxidation sites excluding steroid dienone is 1. The van der Waals surface area contributed by atoms with Crippen LogP contribution in [0.3, 0.4) is 0 Å². The lowest BCUT2D eigenvalue weighted by Gasteiger charge is -2.06. The van der Waals surface area contributed by atoms with Crippen molar-refractivity contribution in [1.82, 2.24) is 9.97 Å². The lowest BCUT2D eigenvalue weighted by atomic mass is 10.1. The molecule has 3 heteroatoms. The summed E-state index contributed by atoms with van der Waals surface area (Å²) in [5.41, 5.74) is 3.08. The van der Waals surface area contributed by atoms with Crippen molar-refractivity contribution in [2.24, 2.45) is 0 Å². The Hall–Kier alpha value is -2.16. The van der Waals surface area contributed by atoms with Crippen LogP contribution in [0.25, 0.3) is 11.3 Å². The number of nitrogens with zero attached hydrogens (tertiary/aromatic N) is 2. The molecule has 0 saturated carbocycles. The molecule has 0 amide bonds. The van der Waals surface area contributed by atoms with Gasteiger partial charge in [0.25, 0.3) is 0 Å². The van der Waals surface area contributed by atoms with Gasteiger partial charge in [-0.1, -0.05) is 70.9 Å². The minimum Gasteiger partial charge on any atom is -0.490 e. The second-order valence-corrected chi connectivity index (χ2v) is 7.71. The van der Waals surface area contributed by atoms with E-state index < -0.39 is 0 Å². The quantitative estimate of drug-likeness (QED) is 0.231. The molecule has 0 radical (unpaired) electrons. The van der Waals surface area contributed by atoms with Crippen LogP contribution >= 0.6 is 0 Å². The minimum atomic E-state index is 0.623. The van der Waals surface area contributed by atoms with Crippen LogP contribution in [0.2, 0.25) is 0 Å². The predicted octanol–water partition coefficient (Wildman–Crippen LogP) is 7.56. The van der Waals surface area contributed by atoms with E-state index in [1.807, 2.05) is 24.5 Å². The summed E-state index contributed by atoms with van der Waals surface area (Å²) in [5.74, 6) is 0.889. The summed E-state index contributed by atoms with van der Waals surface area (Å²) in [6.45, 7) is 5.11. The van der Waals surface area contributed by atoms with Crippen LogP contribution in [0.15, 0.2) is 48.8 Å². The molecule has 29 heavy (non-hydrogen) atoms. The molecule has 0 bridgehead atoms. The zero-order valence-corrected chi connectivity index (χ0v) is 18.4. The first-order valence-corrected chi connectivity index (χ1v) is 11.5. The highest BCUT2D eigenvalue weighted by molar-refractivity contribution is 5.58. The minimum absolute atomic E-state index is 0.623. The Bertz CT molecular complexity index is 677. The van der Waals surface area contributed by atoms with Crippen LogP contribution in [0.5, 0.6) is 5.75 Å². The van der Waals surface area contributed by atoms with E-state index in [9.17, 15) is 0 Å². The van der Waals surface area contributed by atoms with Gasteiger partial charge in [-0.15, -0.1) is 0 Å². The fraction of sp³-hybridized carbons (Fsp3) is 0.538. The van der Waals surface area contributed by atoms with Crippen LogP contribution in [0, 0.1) is 0 Å². The molecule has 1 aromatic carbocycles. The van der Waals surface area contributed by atoms with Crippen LogP contribution in [0.4, 0.5) is 0 Å². The van der Waals surface area contributed by atoms with Gasteiger partial charge in [0, 0.05) is 11.8 Å². The first kappa shape index (κ1) is 23.1. The molecule has 0 unspecified atom stereocenters. The average molecular weight is 395 g/mol. The number of hydrogen-bond acceptors (Lipinski definition) is 3. The lowest BCUT2D eigenvalue weighted by molar-refractivity contribution is 0.362. The number of unbranched alkanes of at least 4 members (excludes halogenated alkanes) is 8. The summed E-state index contributed by atoms with van der Waals surface area (Å²) < 4.78 is 5.78. The van der Waals surface area contributed by atoms with Gasteiger partial charge in [-0.3, -0.25) is 9.97 Å². The maximum Gasteiger partial charge on any atom is 0.119 e. The number of rotatable bonds is 15. The summed E-state index contributed by atoms with van der Waals surface area (Å²) in [5, 5.41) is 0. The average Bonchev–Trinajstić information content (AvgIpc) is 2.76.